The third-order valence-corrected chi connectivity index (χ3v) is 5.40. The third kappa shape index (κ3) is 3.97. The van der Waals surface area contributed by atoms with E-state index in [-0.39, 0.29) is 24.4 Å². The fraction of sp³-hybridized carbons (Fsp3) is 0.556. The normalized spacial score (nSPS) is 28.0. The molecule has 2 fully saturated rings. The number of likely N-dealkylation sites (N-methyl/N-ethyl adjacent to an activating group) is 1. The maximum absolute atomic E-state index is 12.9. The maximum Gasteiger partial charge on any atom is 0.320 e. The molecule has 7 heteroatoms. The minimum atomic E-state index is -0.907. The molecule has 25 heavy (non-hydrogen) atoms. The fourth-order valence-corrected chi connectivity index (χ4v) is 4.05. The summed E-state index contributed by atoms with van der Waals surface area (Å²) in [4.78, 5) is 26.3. The summed E-state index contributed by atoms with van der Waals surface area (Å²) in [5.74, 6) is -1.42. The molecule has 0 aromatic heterocycles. The lowest BCUT2D eigenvalue weighted by Crippen LogP contribution is -2.43. The van der Waals surface area contributed by atoms with Gasteiger partial charge in [-0.2, -0.15) is 0 Å². The molecule has 2 heterocycles. The topological polar surface area (TPSA) is 78.9 Å². The second-order valence-corrected chi connectivity index (χ2v) is 7.19. The summed E-state index contributed by atoms with van der Waals surface area (Å²) in [5.41, 5.74) is 0.867. The summed E-state index contributed by atoms with van der Waals surface area (Å²) in [7, 11) is 1.76. The van der Waals surface area contributed by atoms with Crippen LogP contribution in [0.5, 0.6) is 0 Å². The number of amides is 1. The van der Waals surface area contributed by atoms with E-state index in [0.29, 0.717) is 18.2 Å². The number of carbonyl (C=O) groups is 2. The van der Waals surface area contributed by atoms with Crippen molar-refractivity contribution >= 4 is 23.5 Å². The number of nitrogens with one attached hydrogen (secondary N) is 1. The second kappa shape index (κ2) is 7.72. The summed E-state index contributed by atoms with van der Waals surface area (Å²) in [6, 6.07) is 6.40. The van der Waals surface area contributed by atoms with Crippen molar-refractivity contribution in [2.24, 2.45) is 5.92 Å². The summed E-state index contributed by atoms with van der Waals surface area (Å²) < 4.78 is 5.32. The van der Waals surface area contributed by atoms with E-state index >= 15 is 0 Å². The Morgan fingerprint density at radius 1 is 1.32 bits per heavy atom. The number of carbonyl (C=O) groups excluding carboxylic acids is 1. The number of nitrogens with zero attached hydrogens (tertiary/aromatic N) is 1. The zero-order valence-corrected chi connectivity index (χ0v) is 14.9. The smallest absolute Gasteiger partial charge is 0.320 e. The Labute approximate surface area is 152 Å². The molecule has 0 spiro atoms. The number of carboxylic acids is 1. The summed E-state index contributed by atoms with van der Waals surface area (Å²) >= 11 is 6.10. The Balaban J connectivity index is 1.83. The first-order valence-electron chi connectivity index (χ1n) is 8.55. The van der Waals surface area contributed by atoms with E-state index in [1.165, 1.54) is 0 Å². The standard InChI is InChI=1S/C18H23ClN2O4/c1-21-15(18(23)24)10-14(16(21)11-3-2-4-12(19)9-11)17(22)20-13-5-7-25-8-6-13/h2-4,9,13-16H,5-8,10H2,1H3,(H,20,22)(H,23,24)/t14-,15-,16-/m1/s1. The molecule has 0 unspecified atom stereocenters. The molecule has 3 rings (SSSR count). The van der Waals surface area contributed by atoms with Gasteiger partial charge < -0.3 is 15.2 Å². The number of hydrogen-bond acceptors (Lipinski definition) is 4. The van der Waals surface area contributed by atoms with E-state index in [2.05, 4.69) is 5.32 Å². The van der Waals surface area contributed by atoms with Crippen LogP contribution in [0, 0.1) is 5.92 Å². The quantitative estimate of drug-likeness (QED) is 0.853. The second-order valence-electron chi connectivity index (χ2n) is 6.76. The first kappa shape index (κ1) is 18.2. The van der Waals surface area contributed by atoms with Crippen LogP contribution in [0.1, 0.15) is 30.9 Å². The highest BCUT2D eigenvalue weighted by atomic mass is 35.5. The average Bonchev–Trinajstić information content (AvgIpc) is 2.93. The van der Waals surface area contributed by atoms with Gasteiger partial charge in [0.1, 0.15) is 6.04 Å². The Morgan fingerprint density at radius 2 is 2.04 bits per heavy atom. The van der Waals surface area contributed by atoms with Crippen LogP contribution >= 0.6 is 11.6 Å². The molecule has 0 aliphatic carbocycles. The minimum Gasteiger partial charge on any atom is -0.480 e. The van der Waals surface area contributed by atoms with Gasteiger partial charge >= 0.3 is 5.97 Å². The van der Waals surface area contributed by atoms with Gasteiger partial charge in [0.25, 0.3) is 0 Å². The molecule has 1 amide bonds. The Bertz CT molecular complexity index is 648. The lowest BCUT2D eigenvalue weighted by atomic mass is 9.91. The Hall–Kier alpha value is -1.63. The molecule has 1 aromatic rings. The molecule has 136 valence electrons. The number of carboxylic acid groups (broad SMARTS) is 1. The number of hydrogen-bond donors (Lipinski definition) is 2. The van der Waals surface area contributed by atoms with Crippen LogP contribution in [0.3, 0.4) is 0 Å². The van der Waals surface area contributed by atoms with Crippen LogP contribution < -0.4 is 5.32 Å². The largest absolute Gasteiger partial charge is 0.480 e. The molecule has 6 nitrogen and oxygen atoms in total. The highest BCUT2D eigenvalue weighted by Crippen LogP contribution is 2.40. The zero-order chi connectivity index (χ0) is 18.0. The van der Waals surface area contributed by atoms with Crippen molar-refractivity contribution in [3.63, 3.8) is 0 Å². The third-order valence-electron chi connectivity index (χ3n) is 5.17. The number of aliphatic carboxylic acids is 1. The van der Waals surface area contributed by atoms with Crippen molar-refractivity contribution in [2.75, 3.05) is 20.3 Å². The van der Waals surface area contributed by atoms with Crippen LogP contribution in [0.2, 0.25) is 5.02 Å². The number of likely N-dealkylation sites (tertiary alicyclic amines) is 1. The van der Waals surface area contributed by atoms with Gasteiger partial charge in [0.05, 0.1) is 5.92 Å². The fourth-order valence-electron chi connectivity index (χ4n) is 3.85. The van der Waals surface area contributed by atoms with Crippen LogP contribution in [-0.2, 0) is 14.3 Å². The van der Waals surface area contributed by atoms with E-state index in [1.807, 2.05) is 18.2 Å². The highest BCUT2D eigenvalue weighted by molar-refractivity contribution is 6.30. The number of ether oxygens (including phenoxy) is 1. The van der Waals surface area contributed by atoms with Gasteiger partial charge in [0.2, 0.25) is 5.91 Å². The predicted molar refractivity (Wildman–Crippen MR) is 93.5 cm³/mol. The van der Waals surface area contributed by atoms with E-state index in [1.54, 1.807) is 18.0 Å². The summed E-state index contributed by atoms with van der Waals surface area (Å²) in [6.07, 6.45) is 1.87. The molecule has 2 aliphatic heterocycles. The predicted octanol–water partition coefficient (Wildman–Crippen LogP) is 2.08. The van der Waals surface area contributed by atoms with Crippen LogP contribution in [0.15, 0.2) is 24.3 Å². The van der Waals surface area contributed by atoms with Gasteiger partial charge in [-0.1, -0.05) is 23.7 Å². The molecule has 0 saturated carbocycles. The minimum absolute atomic E-state index is 0.0903. The lowest BCUT2D eigenvalue weighted by molar-refractivity contribution is -0.142. The monoisotopic (exact) mass is 366 g/mol. The first-order chi connectivity index (χ1) is 12.0. The molecule has 0 bridgehead atoms. The SMILES string of the molecule is CN1[C@@H](C(=O)O)C[C@@H](C(=O)NC2CCOCC2)[C@H]1c1cccc(Cl)c1. The van der Waals surface area contributed by atoms with E-state index in [4.69, 9.17) is 16.3 Å². The molecule has 2 aliphatic rings. The van der Waals surface area contributed by atoms with Gasteiger partial charge in [0.15, 0.2) is 0 Å². The molecule has 0 radical (unpaired) electrons. The number of benzene rings is 1. The van der Waals surface area contributed by atoms with Crippen molar-refractivity contribution in [3.05, 3.63) is 34.9 Å². The van der Waals surface area contributed by atoms with Crippen molar-refractivity contribution in [2.45, 2.75) is 37.4 Å². The van der Waals surface area contributed by atoms with Crippen LogP contribution in [0.4, 0.5) is 0 Å². The Kier molecular flexibility index (Phi) is 5.61. The van der Waals surface area contributed by atoms with Gasteiger partial charge in [-0.05, 0) is 44.0 Å². The first-order valence-corrected chi connectivity index (χ1v) is 8.93. The summed E-state index contributed by atoms with van der Waals surface area (Å²) in [6.45, 7) is 1.29. The van der Waals surface area contributed by atoms with Crippen molar-refractivity contribution in [3.8, 4) is 0 Å². The Morgan fingerprint density at radius 3 is 2.68 bits per heavy atom. The van der Waals surface area contributed by atoms with E-state index < -0.39 is 17.9 Å². The van der Waals surface area contributed by atoms with Gasteiger partial charge in [-0.15, -0.1) is 0 Å². The number of halogens is 1. The average molecular weight is 367 g/mol. The van der Waals surface area contributed by atoms with Gasteiger partial charge in [-0.3, -0.25) is 14.5 Å². The van der Waals surface area contributed by atoms with Crippen molar-refractivity contribution in [1.29, 1.82) is 0 Å². The highest BCUT2D eigenvalue weighted by Gasteiger charge is 2.46. The van der Waals surface area contributed by atoms with Crippen LogP contribution in [0.25, 0.3) is 0 Å². The van der Waals surface area contributed by atoms with Crippen molar-refractivity contribution in [1.82, 2.24) is 10.2 Å². The molecular weight excluding hydrogens is 344 g/mol. The maximum atomic E-state index is 12.9. The molecule has 2 N–H and O–H groups in total. The van der Waals surface area contributed by atoms with Crippen molar-refractivity contribution < 1.29 is 19.4 Å². The number of rotatable bonds is 4. The van der Waals surface area contributed by atoms with Crippen LogP contribution in [-0.4, -0.2) is 54.2 Å². The lowest BCUT2D eigenvalue weighted by Gasteiger charge is -2.29. The van der Waals surface area contributed by atoms with E-state index in [0.717, 1.165) is 18.4 Å². The van der Waals surface area contributed by atoms with Gasteiger partial charge in [-0.25, -0.2) is 0 Å². The summed E-state index contributed by atoms with van der Waals surface area (Å²) in [5, 5.41) is 13.2. The molecule has 1 aromatic carbocycles. The zero-order valence-electron chi connectivity index (χ0n) is 14.2. The molecule has 3 atom stereocenters. The molecule has 2 saturated heterocycles. The molecular formula is C18H23ClN2O4. The van der Waals surface area contributed by atoms with Gasteiger partial charge in [0, 0.05) is 30.3 Å². The van der Waals surface area contributed by atoms with E-state index in [9.17, 15) is 14.7 Å².